The molecule has 1 aliphatic carbocycles. The van der Waals surface area contributed by atoms with Crippen LogP contribution >= 0.6 is 0 Å². The predicted octanol–water partition coefficient (Wildman–Crippen LogP) is 1.60. The van der Waals surface area contributed by atoms with E-state index in [1.807, 2.05) is 25.1 Å². The van der Waals surface area contributed by atoms with E-state index < -0.39 is 12.0 Å². The summed E-state index contributed by atoms with van der Waals surface area (Å²) in [5.74, 6) is -0.464. The number of aliphatic carboxylic acids is 1. The summed E-state index contributed by atoms with van der Waals surface area (Å²) in [5.41, 5.74) is 0.884. The van der Waals surface area contributed by atoms with Gasteiger partial charge in [-0.2, -0.15) is 0 Å². The molecule has 0 aliphatic heterocycles. The van der Waals surface area contributed by atoms with Gasteiger partial charge in [0.15, 0.2) is 0 Å². The topological polar surface area (TPSA) is 62.2 Å². The Morgan fingerprint density at radius 1 is 1.56 bits per heavy atom. The van der Waals surface area contributed by atoms with E-state index in [9.17, 15) is 4.79 Å². The van der Waals surface area contributed by atoms with Gasteiger partial charge >= 0.3 is 5.97 Å². The molecule has 4 nitrogen and oxygen atoms in total. The Hall–Kier alpha value is -1.42. The molecule has 1 aliphatic rings. The van der Waals surface area contributed by atoms with Crippen LogP contribution in [0, 0.1) is 5.92 Å². The molecule has 1 saturated carbocycles. The van der Waals surface area contributed by atoms with Crippen molar-refractivity contribution < 1.29 is 9.90 Å². The molecule has 0 bridgehead atoms. The highest BCUT2D eigenvalue weighted by atomic mass is 16.4. The van der Waals surface area contributed by atoms with E-state index in [2.05, 4.69) is 10.3 Å². The molecule has 1 unspecified atom stereocenters. The largest absolute Gasteiger partial charge is 0.480 e. The van der Waals surface area contributed by atoms with Crippen LogP contribution in [0.4, 0.5) is 0 Å². The lowest BCUT2D eigenvalue weighted by molar-refractivity contribution is -0.140. The molecule has 0 amide bonds. The van der Waals surface area contributed by atoms with Crippen LogP contribution in [0.25, 0.3) is 0 Å². The van der Waals surface area contributed by atoms with E-state index >= 15 is 0 Å². The highest BCUT2D eigenvalue weighted by Gasteiger charge is 2.36. The van der Waals surface area contributed by atoms with E-state index in [1.165, 1.54) is 0 Å². The summed E-state index contributed by atoms with van der Waals surface area (Å²) in [7, 11) is 0. The SMILES string of the molecule is C[C@H](NC(C(=O)O)C1CC1)c1ccccn1. The van der Waals surface area contributed by atoms with Gasteiger partial charge in [0.05, 0.1) is 5.69 Å². The van der Waals surface area contributed by atoms with Crippen LogP contribution in [0.5, 0.6) is 0 Å². The van der Waals surface area contributed by atoms with Gasteiger partial charge in [0.25, 0.3) is 0 Å². The van der Waals surface area contributed by atoms with Crippen molar-refractivity contribution in [1.29, 1.82) is 0 Å². The molecule has 1 heterocycles. The summed E-state index contributed by atoms with van der Waals surface area (Å²) in [5, 5.41) is 12.2. The van der Waals surface area contributed by atoms with E-state index in [4.69, 9.17) is 5.11 Å². The molecule has 86 valence electrons. The minimum Gasteiger partial charge on any atom is -0.480 e. The van der Waals surface area contributed by atoms with Crippen LogP contribution in [-0.4, -0.2) is 22.1 Å². The summed E-state index contributed by atoms with van der Waals surface area (Å²) < 4.78 is 0. The van der Waals surface area contributed by atoms with Gasteiger partial charge in [-0.05, 0) is 37.8 Å². The average Bonchev–Trinajstić information content (AvgIpc) is 3.10. The van der Waals surface area contributed by atoms with Gasteiger partial charge < -0.3 is 5.11 Å². The van der Waals surface area contributed by atoms with Crippen molar-refractivity contribution in [3.05, 3.63) is 30.1 Å². The number of hydrogen-bond acceptors (Lipinski definition) is 3. The van der Waals surface area contributed by atoms with Crippen molar-refractivity contribution in [2.75, 3.05) is 0 Å². The zero-order chi connectivity index (χ0) is 11.5. The molecule has 4 heteroatoms. The molecule has 0 aromatic carbocycles. The number of nitrogens with one attached hydrogen (secondary N) is 1. The van der Waals surface area contributed by atoms with E-state index in [0.29, 0.717) is 5.92 Å². The van der Waals surface area contributed by atoms with Crippen molar-refractivity contribution in [2.45, 2.75) is 31.8 Å². The number of carboxylic acid groups (broad SMARTS) is 1. The second kappa shape index (κ2) is 4.61. The Labute approximate surface area is 94.7 Å². The first kappa shape index (κ1) is 11.1. The third kappa shape index (κ3) is 2.58. The third-order valence-corrected chi connectivity index (χ3v) is 2.92. The fraction of sp³-hybridized carbons (Fsp3) is 0.500. The lowest BCUT2D eigenvalue weighted by Crippen LogP contribution is -2.40. The minimum atomic E-state index is -0.759. The molecule has 0 spiro atoms. The van der Waals surface area contributed by atoms with Gasteiger partial charge in [0.1, 0.15) is 6.04 Å². The maximum atomic E-state index is 11.1. The average molecular weight is 220 g/mol. The Balaban J connectivity index is 2.00. The van der Waals surface area contributed by atoms with Crippen LogP contribution in [-0.2, 0) is 4.79 Å². The summed E-state index contributed by atoms with van der Waals surface area (Å²) in [6.07, 6.45) is 3.75. The van der Waals surface area contributed by atoms with Crippen LogP contribution < -0.4 is 5.32 Å². The Bertz CT molecular complexity index is 363. The van der Waals surface area contributed by atoms with Crippen molar-refractivity contribution in [2.24, 2.45) is 5.92 Å². The molecule has 2 N–H and O–H groups in total. The van der Waals surface area contributed by atoms with E-state index in [-0.39, 0.29) is 6.04 Å². The molecule has 1 aromatic heterocycles. The first-order valence-electron chi connectivity index (χ1n) is 5.58. The molecule has 2 rings (SSSR count). The maximum Gasteiger partial charge on any atom is 0.321 e. The number of nitrogens with zero attached hydrogens (tertiary/aromatic N) is 1. The number of aromatic nitrogens is 1. The first-order chi connectivity index (χ1) is 7.68. The number of rotatable bonds is 5. The Morgan fingerprint density at radius 2 is 2.31 bits per heavy atom. The number of carboxylic acids is 1. The number of carbonyl (C=O) groups is 1. The van der Waals surface area contributed by atoms with E-state index in [0.717, 1.165) is 18.5 Å². The lowest BCUT2D eigenvalue weighted by atomic mass is 10.1. The van der Waals surface area contributed by atoms with Gasteiger partial charge in [-0.3, -0.25) is 15.1 Å². The second-order valence-corrected chi connectivity index (χ2v) is 4.30. The molecule has 0 radical (unpaired) electrons. The standard InChI is InChI=1S/C12H16N2O2/c1-8(10-4-2-3-7-13-10)14-11(12(15)16)9-5-6-9/h2-4,7-9,11,14H,5-6H2,1H3,(H,15,16)/t8-,11?/m0/s1. The fourth-order valence-electron chi connectivity index (χ4n) is 1.83. The number of hydrogen-bond donors (Lipinski definition) is 2. The molecule has 1 fully saturated rings. The first-order valence-corrected chi connectivity index (χ1v) is 5.58. The smallest absolute Gasteiger partial charge is 0.321 e. The predicted molar refractivity (Wildman–Crippen MR) is 59.9 cm³/mol. The van der Waals surface area contributed by atoms with Gasteiger partial charge in [0.2, 0.25) is 0 Å². The van der Waals surface area contributed by atoms with Crippen LogP contribution in [0.3, 0.4) is 0 Å². The van der Waals surface area contributed by atoms with Gasteiger partial charge in [-0.1, -0.05) is 6.07 Å². The molecule has 0 saturated heterocycles. The normalized spacial score (nSPS) is 19.1. The van der Waals surface area contributed by atoms with Crippen LogP contribution in [0.15, 0.2) is 24.4 Å². The quantitative estimate of drug-likeness (QED) is 0.791. The van der Waals surface area contributed by atoms with Crippen molar-refractivity contribution in [3.63, 3.8) is 0 Å². The van der Waals surface area contributed by atoms with Gasteiger partial charge in [-0.25, -0.2) is 0 Å². The summed E-state index contributed by atoms with van der Waals surface area (Å²) in [6.45, 7) is 1.95. The van der Waals surface area contributed by atoms with Crippen LogP contribution in [0.1, 0.15) is 31.5 Å². The Morgan fingerprint density at radius 3 is 2.81 bits per heavy atom. The highest BCUT2D eigenvalue weighted by Crippen LogP contribution is 2.33. The monoisotopic (exact) mass is 220 g/mol. The molecular weight excluding hydrogens is 204 g/mol. The second-order valence-electron chi connectivity index (χ2n) is 4.30. The zero-order valence-electron chi connectivity index (χ0n) is 9.26. The van der Waals surface area contributed by atoms with E-state index in [1.54, 1.807) is 6.20 Å². The van der Waals surface area contributed by atoms with Crippen molar-refractivity contribution in [1.82, 2.24) is 10.3 Å². The summed E-state index contributed by atoms with van der Waals surface area (Å²) >= 11 is 0. The van der Waals surface area contributed by atoms with Gasteiger partial charge in [-0.15, -0.1) is 0 Å². The van der Waals surface area contributed by atoms with Crippen LogP contribution in [0.2, 0.25) is 0 Å². The van der Waals surface area contributed by atoms with Gasteiger partial charge in [0, 0.05) is 12.2 Å². The zero-order valence-corrected chi connectivity index (χ0v) is 9.26. The summed E-state index contributed by atoms with van der Waals surface area (Å²) in [4.78, 5) is 15.3. The highest BCUT2D eigenvalue weighted by molar-refractivity contribution is 5.74. The molecule has 16 heavy (non-hydrogen) atoms. The Kier molecular flexibility index (Phi) is 3.19. The minimum absolute atomic E-state index is 0.0251. The fourth-order valence-corrected chi connectivity index (χ4v) is 1.83. The molecular formula is C12H16N2O2. The molecule has 2 atom stereocenters. The van der Waals surface area contributed by atoms with Crippen molar-refractivity contribution in [3.8, 4) is 0 Å². The third-order valence-electron chi connectivity index (χ3n) is 2.92. The summed E-state index contributed by atoms with van der Waals surface area (Å²) in [6, 6.07) is 5.21. The molecule has 1 aromatic rings. The maximum absolute atomic E-state index is 11.1. The lowest BCUT2D eigenvalue weighted by Gasteiger charge is -2.19. The number of pyridine rings is 1. The van der Waals surface area contributed by atoms with Crippen molar-refractivity contribution >= 4 is 5.97 Å².